The number of anilines is 1. The van der Waals surface area contributed by atoms with Crippen LogP contribution in [0.3, 0.4) is 0 Å². The van der Waals surface area contributed by atoms with Crippen molar-refractivity contribution >= 4 is 23.1 Å². The van der Waals surface area contributed by atoms with E-state index in [1.165, 1.54) is 18.2 Å². The number of carbonyl (C=O) groups is 1. The molecule has 4 rings (SSSR count). The van der Waals surface area contributed by atoms with Gasteiger partial charge in [-0.05, 0) is 29.6 Å². The summed E-state index contributed by atoms with van der Waals surface area (Å²) < 4.78 is 41.1. The third kappa shape index (κ3) is 4.53. The number of ether oxygens (including phenoxy) is 1. The molecule has 1 N–H and O–H groups in total. The summed E-state index contributed by atoms with van der Waals surface area (Å²) in [5.74, 6) is 0.0827. The molecule has 1 aromatic carbocycles. The van der Waals surface area contributed by atoms with Gasteiger partial charge < -0.3 is 14.5 Å². The van der Waals surface area contributed by atoms with E-state index in [-0.39, 0.29) is 11.5 Å². The Bertz CT molecular complexity index is 980. The third-order valence-electron chi connectivity index (χ3n) is 4.56. The topological polar surface area (TPSA) is 61.5 Å². The first-order valence-corrected chi connectivity index (χ1v) is 9.76. The van der Waals surface area contributed by atoms with E-state index >= 15 is 0 Å². The fraction of sp³-hybridized carbons (Fsp3) is 0.263. The van der Waals surface area contributed by atoms with Crippen LogP contribution in [0.15, 0.2) is 47.8 Å². The molecule has 1 fully saturated rings. The van der Waals surface area contributed by atoms with Crippen LogP contribution in [-0.2, 0) is 0 Å². The molecule has 2 aromatic heterocycles. The first kappa shape index (κ1) is 19.3. The van der Waals surface area contributed by atoms with Gasteiger partial charge >= 0.3 is 6.36 Å². The van der Waals surface area contributed by atoms with Crippen LogP contribution in [0, 0.1) is 0 Å². The maximum atomic E-state index is 12.7. The van der Waals surface area contributed by atoms with Crippen molar-refractivity contribution in [1.29, 1.82) is 0 Å². The van der Waals surface area contributed by atoms with Gasteiger partial charge in [-0.1, -0.05) is 12.1 Å². The average Bonchev–Trinajstić information content (AvgIpc) is 3.38. The van der Waals surface area contributed by atoms with E-state index in [1.54, 1.807) is 16.2 Å². The van der Waals surface area contributed by atoms with Crippen LogP contribution in [0.2, 0.25) is 0 Å². The molecule has 3 aromatic rings. The number of nitrogens with zero attached hydrogens (tertiary/aromatic N) is 3. The average molecular weight is 422 g/mol. The summed E-state index contributed by atoms with van der Waals surface area (Å²) in [7, 11) is 0. The van der Waals surface area contributed by atoms with Crippen LogP contribution >= 0.6 is 11.3 Å². The third-order valence-corrected chi connectivity index (χ3v) is 5.46. The van der Waals surface area contributed by atoms with Gasteiger partial charge in [0.05, 0.1) is 10.6 Å². The summed E-state index contributed by atoms with van der Waals surface area (Å²) in [5, 5.41) is 9.37. The first-order chi connectivity index (χ1) is 13.9. The molecule has 0 atom stereocenters. The number of H-pyrrole nitrogens is 1. The van der Waals surface area contributed by atoms with Crippen molar-refractivity contribution < 1.29 is 22.7 Å². The second-order valence-corrected chi connectivity index (χ2v) is 7.42. The molecule has 29 heavy (non-hydrogen) atoms. The van der Waals surface area contributed by atoms with Gasteiger partial charge in [0.1, 0.15) is 5.75 Å². The van der Waals surface area contributed by atoms with E-state index in [2.05, 4.69) is 19.8 Å². The minimum absolute atomic E-state index is 0.167. The molecule has 0 radical (unpaired) electrons. The molecule has 0 aliphatic carbocycles. The number of benzene rings is 1. The standard InChI is InChI=1S/C19H17F3N4O2S/c20-19(21,22)28-14-4-1-3-13(11-14)18(27)26-8-6-25(7-9-26)17-12-15(23-24-17)16-5-2-10-29-16/h1-5,10-12H,6-9H2,(H,23,24). The molecule has 0 unspecified atom stereocenters. The second kappa shape index (κ2) is 7.78. The minimum Gasteiger partial charge on any atom is -0.406 e. The highest BCUT2D eigenvalue weighted by Crippen LogP contribution is 2.27. The molecular weight excluding hydrogens is 405 g/mol. The first-order valence-electron chi connectivity index (χ1n) is 8.88. The number of halogens is 3. The van der Waals surface area contributed by atoms with Crippen molar-refractivity contribution in [3.05, 3.63) is 53.4 Å². The smallest absolute Gasteiger partial charge is 0.406 e. The number of hydrogen-bond acceptors (Lipinski definition) is 5. The lowest BCUT2D eigenvalue weighted by molar-refractivity contribution is -0.274. The summed E-state index contributed by atoms with van der Waals surface area (Å²) >= 11 is 1.62. The number of piperazine rings is 1. The fourth-order valence-corrected chi connectivity index (χ4v) is 3.87. The summed E-state index contributed by atoms with van der Waals surface area (Å²) in [5.41, 5.74) is 1.11. The number of nitrogens with one attached hydrogen (secondary N) is 1. The fourth-order valence-electron chi connectivity index (χ4n) is 3.18. The Balaban J connectivity index is 1.38. The Kier molecular flexibility index (Phi) is 5.18. The van der Waals surface area contributed by atoms with E-state index in [4.69, 9.17) is 0 Å². The largest absolute Gasteiger partial charge is 0.573 e. The lowest BCUT2D eigenvalue weighted by Gasteiger charge is -2.34. The molecule has 0 saturated carbocycles. The Labute approximate surface area is 168 Å². The van der Waals surface area contributed by atoms with Crippen LogP contribution < -0.4 is 9.64 Å². The van der Waals surface area contributed by atoms with E-state index in [0.29, 0.717) is 26.2 Å². The lowest BCUT2D eigenvalue weighted by Crippen LogP contribution is -2.49. The Morgan fingerprint density at radius 3 is 2.59 bits per heavy atom. The van der Waals surface area contributed by atoms with Crippen LogP contribution in [0.4, 0.5) is 19.0 Å². The predicted octanol–water partition coefficient (Wildman–Crippen LogP) is 4.00. The maximum absolute atomic E-state index is 12.7. The number of rotatable bonds is 4. The number of aromatic amines is 1. The number of alkyl halides is 3. The minimum atomic E-state index is -4.79. The van der Waals surface area contributed by atoms with Gasteiger partial charge in [-0.2, -0.15) is 5.10 Å². The normalized spacial score (nSPS) is 14.9. The van der Waals surface area contributed by atoms with Gasteiger partial charge in [-0.3, -0.25) is 9.89 Å². The van der Waals surface area contributed by atoms with Gasteiger partial charge in [-0.25, -0.2) is 0 Å². The summed E-state index contributed by atoms with van der Waals surface area (Å²) in [4.78, 5) is 17.5. The van der Waals surface area contributed by atoms with Crippen molar-refractivity contribution in [2.45, 2.75) is 6.36 Å². The van der Waals surface area contributed by atoms with Crippen LogP contribution in [0.25, 0.3) is 10.6 Å². The molecule has 10 heteroatoms. The quantitative estimate of drug-likeness (QED) is 0.691. The Morgan fingerprint density at radius 1 is 1.10 bits per heavy atom. The molecule has 1 aliphatic heterocycles. The van der Waals surface area contributed by atoms with Gasteiger partial charge in [0.15, 0.2) is 5.82 Å². The highest BCUT2D eigenvalue weighted by atomic mass is 32.1. The number of aromatic nitrogens is 2. The molecule has 152 valence electrons. The van der Waals surface area contributed by atoms with Gasteiger partial charge in [0, 0.05) is 37.8 Å². The molecule has 1 aliphatic rings. The number of hydrogen-bond donors (Lipinski definition) is 1. The van der Waals surface area contributed by atoms with E-state index < -0.39 is 12.1 Å². The van der Waals surface area contributed by atoms with Crippen LogP contribution in [-0.4, -0.2) is 53.5 Å². The Hall–Kier alpha value is -3.01. The zero-order valence-corrected chi connectivity index (χ0v) is 16.0. The molecule has 0 bridgehead atoms. The zero-order valence-electron chi connectivity index (χ0n) is 15.1. The van der Waals surface area contributed by atoms with Crippen molar-refractivity contribution in [2.75, 3.05) is 31.1 Å². The lowest BCUT2D eigenvalue weighted by atomic mass is 10.1. The summed E-state index contributed by atoms with van der Waals surface area (Å²) in [6.45, 7) is 2.06. The van der Waals surface area contributed by atoms with E-state index in [9.17, 15) is 18.0 Å². The highest BCUT2D eigenvalue weighted by molar-refractivity contribution is 7.13. The molecule has 6 nitrogen and oxygen atoms in total. The second-order valence-electron chi connectivity index (χ2n) is 6.47. The number of amides is 1. The maximum Gasteiger partial charge on any atom is 0.573 e. The van der Waals surface area contributed by atoms with Crippen LogP contribution in [0.1, 0.15) is 10.4 Å². The van der Waals surface area contributed by atoms with Crippen molar-refractivity contribution in [3.63, 3.8) is 0 Å². The number of carbonyl (C=O) groups excluding carboxylic acids is 1. The molecule has 1 amide bonds. The molecule has 0 spiro atoms. The van der Waals surface area contributed by atoms with Crippen molar-refractivity contribution in [1.82, 2.24) is 15.1 Å². The van der Waals surface area contributed by atoms with Gasteiger partial charge in [0.25, 0.3) is 5.91 Å². The molecule has 3 heterocycles. The summed E-state index contributed by atoms with van der Waals surface area (Å²) in [6, 6.07) is 11.1. The molecule has 1 saturated heterocycles. The van der Waals surface area contributed by atoms with Gasteiger partial charge in [-0.15, -0.1) is 24.5 Å². The van der Waals surface area contributed by atoms with Crippen molar-refractivity contribution in [2.24, 2.45) is 0 Å². The number of thiophene rings is 1. The van der Waals surface area contributed by atoms with Crippen LogP contribution in [0.5, 0.6) is 5.75 Å². The summed E-state index contributed by atoms with van der Waals surface area (Å²) in [6.07, 6.45) is -4.79. The predicted molar refractivity (Wildman–Crippen MR) is 103 cm³/mol. The Morgan fingerprint density at radius 2 is 1.90 bits per heavy atom. The molecular formula is C19H17F3N4O2S. The van der Waals surface area contributed by atoms with Gasteiger partial charge in [0.2, 0.25) is 0 Å². The van der Waals surface area contributed by atoms with E-state index in [0.717, 1.165) is 22.5 Å². The highest BCUT2D eigenvalue weighted by Gasteiger charge is 2.31. The monoisotopic (exact) mass is 422 g/mol. The van der Waals surface area contributed by atoms with Crippen molar-refractivity contribution in [3.8, 4) is 16.3 Å². The van der Waals surface area contributed by atoms with E-state index in [1.807, 2.05) is 23.6 Å². The zero-order chi connectivity index (χ0) is 20.4. The SMILES string of the molecule is O=C(c1cccc(OC(F)(F)F)c1)N1CCN(c2cc(-c3cccs3)[nH]n2)CC1.